The number of rotatable bonds is 4. The fraction of sp³-hybridized carbons (Fsp3) is 0.182. The van der Waals surface area contributed by atoms with E-state index in [-0.39, 0.29) is 6.04 Å². The average molecular weight is 383 g/mol. The van der Waals surface area contributed by atoms with Gasteiger partial charge < -0.3 is 4.90 Å². The third-order valence-electron chi connectivity index (χ3n) is 5.41. The lowest BCUT2D eigenvalue weighted by molar-refractivity contribution is 0.708. The van der Waals surface area contributed by atoms with Gasteiger partial charge in [0.1, 0.15) is 18.5 Å². The molecule has 1 atom stereocenters. The smallest absolute Gasteiger partial charge is 0.254 e. The molecule has 0 aliphatic carbocycles. The average Bonchev–Trinajstić information content (AvgIpc) is 3.39. The Kier molecular flexibility index (Phi) is 4.01. The molecule has 1 unspecified atom stereocenters. The van der Waals surface area contributed by atoms with Gasteiger partial charge in [-0.15, -0.1) is 0 Å². The minimum Gasteiger partial charge on any atom is -0.353 e. The Labute approximate surface area is 168 Å². The molecule has 0 aliphatic rings. The largest absolute Gasteiger partial charge is 0.353 e. The van der Waals surface area contributed by atoms with Crippen LogP contribution in [-0.2, 0) is 0 Å². The predicted molar refractivity (Wildman–Crippen MR) is 113 cm³/mol. The summed E-state index contributed by atoms with van der Waals surface area (Å²) in [6.07, 6.45) is 3.41. The fourth-order valence-electron chi connectivity index (χ4n) is 3.66. The highest BCUT2D eigenvalue weighted by atomic mass is 15.4. The maximum absolute atomic E-state index is 4.49. The summed E-state index contributed by atoms with van der Waals surface area (Å²) in [5, 5.41) is 4.32. The summed E-state index contributed by atoms with van der Waals surface area (Å²) in [4.78, 5) is 15.3. The molecule has 0 bridgehead atoms. The molecule has 0 fully saturated rings. The van der Waals surface area contributed by atoms with E-state index in [0.29, 0.717) is 5.78 Å². The second-order valence-corrected chi connectivity index (χ2v) is 7.21. The minimum atomic E-state index is 0.151. The maximum atomic E-state index is 4.49. The molecule has 0 saturated heterocycles. The topological polar surface area (TPSA) is 64.1 Å². The molecule has 0 saturated carbocycles. The summed E-state index contributed by atoms with van der Waals surface area (Å²) in [5.41, 5.74) is 5.32. The van der Waals surface area contributed by atoms with E-state index >= 15 is 0 Å². The molecule has 0 aliphatic heterocycles. The lowest BCUT2D eigenvalue weighted by Crippen LogP contribution is -2.24. The fourth-order valence-corrected chi connectivity index (χ4v) is 3.66. The Bertz CT molecular complexity index is 1300. The van der Waals surface area contributed by atoms with Gasteiger partial charge in [-0.25, -0.2) is 9.97 Å². The SMILES string of the molecule is Cc1cc(N(C)C(C)c2ccc(-n3cnc4ccccc43)cc2)n2ncnc2n1. The molecule has 0 spiro atoms. The number of para-hydroxylation sites is 2. The van der Waals surface area contributed by atoms with Gasteiger partial charge in [0.05, 0.1) is 17.1 Å². The van der Waals surface area contributed by atoms with Crippen molar-refractivity contribution in [3.8, 4) is 5.69 Å². The van der Waals surface area contributed by atoms with Crippen LogP contribution in [0.3, 0.4) is 0 Å². The number of aryl methyl sites for hydroxylation is 1. The number of fused-ring (bicyclic) bond motifs is 2. The molecule has 7 nitrogen and oxygen atoms in total. The molecule has 3 heterocycles. The highest BCUT2D eigenvalue weighted by molar-refractivity contribution is 5.77. The molecule has 3 aromatic heterocycles. The zero-order valence-corrected chi connectivity index (χ0v) is 16.6. The van der Waals surface area contributed by atoms with Crippen LogP contribution in [0.1, 0.15) is 24.2 Å². The van der Waals surface area contributed by atoms with Crippen LogP contribution in [-0.4, -0.2) is 36.2 Å². The number of aromatic nitrogens is 6. The van der Waals surface area contributed by atoms with Crippen molar-refractivity contribution in [3.05, 3.63) is 78.5 Å². The Morgan fingerprint density at radius 3 is 2.62 bits per heavy atom. The molecule has 5 aromatic rings. The first-order valence-electron chi connectivity index (χ1n) is 9.54. The van der Waals surface area contributed by atoms with Crippen molar-refractivity contribution in [3.63, 3.8) is 0 Å². The third kappa shape index (κ3) is 2.91. The minimum absolute atomic E-state index is 0.151. The molecular formula is C22H21N7. The monoisotopic (exact) mass is 383 g/mol. The van der Waals surface area contributed by atoms with Gasteiger partial charge in [0.25, 0.3) is 5.78 Å². The van der Waals surface area contributed by atoms with E-state index in [1.54, 1.807) is 4.52 Å². The Morgan fingerprint density at radius 2 is 1.79 bits per heavy atom. The predicted octanol–water partition coefficient (Wildman–Crippen LogP) is 3.97. The molecule has 0 N–H and O–H groups in total. The summed E-state index contributed by atoms with van der Waals surface area (Å²) in [6.45, 7) is 4.15. The summed E-state index contributed by atoms with van der Waals surface area (Å²) in [5.74, 6) is 1.57. The second-order valence-electron chi connectivity index (χ2n) is 7.21. The van der Waals surface area contributed by atoms with E-state index in [4.69, 9.17) is 0 Å². The van der Waals surface area contributed by atoms with Gasteiger partial charge in [-0.3, -0.25) is 4.57 Å². The van der Waals surface area contributed by atoms with Crippen LogP contribution >= 0.6 is 0 Å². The molecule has 7 heteroatoms. The maximum Gasteiger partial charge on any atom is 0.254 e. The lowest BCUT2D eigenvalue weighted by atomic mass is 10.1. The van der Waals surface area contributed by atoms with Crippen LogP contribution in [0.15, 0.2) is 67.3 Å². The molecule has 29 heavy (non-hydrogen) atoms. The van der Waals surface area contributed by atoms with Crippen molar-refractivity contribution in [2.45, 2.75) is 19.9 Å². The quantitative estimate of drug-likeness (QED) is 0.470. The zero-order chi connectivity index (χ0) is 20.0. The van der Waals surface area contributed by atoms with Crippen LogP contribution in [0, 0.1) is 6.92 Å². The van der Waals surface area contributed by atoms with Crippen LogP contribution in [0.25, 0.3) is 22.5 Å². The van der Waals surface area contributed by atoms with Crippen LogP contribution < -0.4 is 4.90 Å². The second kappa shape index (κ2) is 6.70. The number of anilines is 1. The summed E-state index contributed by atoms with van der Waals surface area (Å²) >= 11 is 0. The first kappa shape index (κ1) is 17.4. The number of hydrogen-bond donors (Lipinski definition) is 0. The number of imidazole rings is 1. The Balaban J connectivity index is 1.47. The van der Waals surface area contributed by atoms with Gasteiger partial charge in [0, 0.05) is 24.5 Å². The molecule has 144 valence electrons. The van der Waals surface area contributed by atoms with Crippen LogP contribution in [0.5, 0.6) is 0 Å². The molecule has 5 rings (SSSR count). The van der Waals surface area contributed by atoms with Gasteiger partial charge >= 0.3 is 0 Å². The Morgan fingerprint density at radius 1 is 1.00 bits per heavy atom. The van der Waals surface area contributed by atoms with E-state index in [1.165, 1.54) is 11.9 Å². The first-order chi connectivity index (χ1) is 14.1. The van der Waals surface area contributed by atoms with E-state index in [0.717, 1.165) is 28.2 Å². The highest BCUT2D eigenvalue weighted by Crippen LogP contribution is 2.27. The van der Waals surface area contributed by atoms with E-state index in [9.17, 15) is 0 Å². The number of benzene rings is 2. The summed E-state index contributed by atoms with van der Waals surface area (Å²) in [7, 11) is 2.07. The summed E-state index contributed by atoms with van der Waals surface area (Å²) in [6, 6.07) is 18.9. The van der Waals surface area contributed by atoms with Crippen LogP contribution in [0.4, 0.5) is 5.82 Å². The van der Waals surface area contributed by atoms with Crippen molar-refractivity contribution in [2.75, 3.05) is 11.9 Å². The number of hydrogen-bond acceptors (Lipinski definition) is 5. The molecule has 2 aromatic carbocycles. The van der Waals surface area contributed by atoms with Gasteiger partial charge in [-0.2, -0.15) is 14.6 Å². The number of nitrogens with zero attached hydrogens (tertiary/aromatic N) is 7. The van der Waals surface area contributed by atoms with E-state index in [2.05, 4.69) is 73.8 Å². The van der Waals surface area contributed by atoms with Gasteiger partial charge in [0.15, 0.2) is 0 Å². The third-order valence-corrected chi connectivity index (χ3v) is 5.41. The van der Waals surface area contributed by atoms with Crippen molar-refractivity contribution in [1.29, 1.82) is 0 Å². The Hall–Kier alpha value is -3.74. The van der Waals surface area contributed by atoms with Crippen molar-refractivity contribution in [2.24, 2.45) is 0 Å². The normalized spacial score (nSPS) is 12.5. The molecule has 0 amide bonds. The van der Waals surface area contributed by atoms with E-state index < -0.39 is 0 Å². The van der Waals surface area contributed by atoms with Crippen molar-refractivity contribution in [1.82, 2.24) is 29.1 Å². The van der Waals surface area contributed by atoms with Gasteiger partial charge in [-0.05, 0) is 43.7 Å². The van der Waals surface area contributed by atoms with Crippen molar-refractivity contribution >= 4 is 22.6 Å². The standard InChI is InChI=1S/C22H21N7/c1-15-12-21(29-22(26-15)23-13-25-29)27(3)16(2)17-8-10-18(11-9-17)28-14-24-19-6-4-5-7-20(19)28/h4-14,16H,1-3H3. The molecule has 0 radical (unpaired) electrons. The van der Waals surface area contributed by atoms with E-state index in [1.807, 2.05) is 37.5 Å². The highest BCUT2D eigenvalue weighted by Gasteiger charge is 2.17. The zero-order valence-electron chi connectivity index (χ0n) is 16.6. The first-order valence-corrected chi connectivity index (χ1v) is 9.54. The van der Waals surface area contributed by atoms with Crippen LogP contribution in [0.2, 0.25) is 0 Å². The van der Waals surface area contributed by atoms with Gasteiger partial charge in [0.2, 0.25) is 0 Å². The molecular weight excluding hydrogens is 362 g/mol. The van der Waals surface area contributed by atoms with Crippen molar-refractivity contribution < 1.29 is 0 Å². The van der Waals surface area contributed by atoms with Gasteiger partial charge in [-0.1, -0.05) is 24.3 Å². The summed E-state index contributed by atoms with van der Waals surface area (Å²) < 4.78 is 3.88. The lowest BCUT2D eigenvalue weighted by Gasteiger charge is -2.27.